The van der Waals surface area contributed by atoms with Crippen molar-refractivity contribution in [3.63, 3.8) is 0 Å². The second kappa shape index (κ2) is 5.37. The average Bonchev–Trinajstić information content (AvgIpc) is 2.92. The molecule has 0 atom stereocenters. The van der Waals surface area contributed by atoms with Gasteiger partial charge in [0.25, 0.3) is 0 Å². The Bertz CT molecular complexity index is 833. The summed E-state index contributed by atoms with van der Waals surface area (Å²) < 4.78 is 11.7. The molecule has 0 bridgehead atoms. The van der Waals surface area contributed by atoms with Crippen LogP contribution in [0.3, 0.4) is 0 Å². The van der Waals surface area contributed by atoms with Crippen LogP contribution in [0.5, 0.6) is 5.75 Å². The van der Waals surface area contributed by atoms with Crippen molar-refractivity contribution in [3.05, 3.63) is 63.8 Å². The van der Waals surface area contributed by atoms with Crippen molar-refractivity contribution in [1.29, 1.82) is 0 Å². The van der Waals surface area contributed by atoms with E-state index in [9.17, 15) is 4.79 Å². The fraction of sp³-hybridized carbons (Fsp3) is 0.118. The molecule has 21 heavy (non-hydrogen) atoms. The molecule has 0 aliphatic heterocycles. The Hall–Kier alpha value is -2.07. The Morgan fingerprint density at radius 3 is 2.67 bits per heavy atom. The normalized spacial score (nSPS) is 10.8. The van der Waals surface area contributed by atoms with Crippen LogP contribution in [-0.4, -0.2) is 12.9 Å². The summed E-state index contributed by atoms with van der Waals surface area (Å²) in [5.74, 6) is 0.944. The van der Waals surface area contributed by atoms with E-state index < -0.39 is 0 Å². The van der Waals surface area contributed by atoms with Crippen molar-refractivity contribution in [2.24, 2.45) is 0 Å². The molecule has 3 aromatic rings. The molecule has 0 aliphatic carbocycles. The van der Waals surface area contributed by atoms with Gasteiger partial charge in [-0.25, -0.2) is 0 Å². The lowest BCUT2D eigenvalue weighted by Crippen LogP contribution is -2.02. The minimum absolute atomic E-state index is 0.127. The van der Waals surface area contributed by atoms with E-state index in [2.05, 4.69) is 15.9 Å². The number of carbonyl (C=O) groups excluding carboxylic acids is 1. The van der Waals surface area contributed by atoms with E-state index in [0.717, 1.165) is 21.2 Å². The molecule has 1 aromatic heterocycles. The third-order valence-electron chi connectivity index (χ3n) is 3.40. The summed E-state index contributed by atoms with van der Waals surface area (Å²) in [6.07, 6.45) is 0. The summed E-state index contributed by atoms with van der Waals surface area (Å²) in [4.78, 5) is 12.6. The molecule has 0 fully saturated rings. The monoisotopic (exact) mass is 344 g/mol. The molecular weight excluding hydrogens is 332 g/mol. The van der Waals surface area contributed by atoms with E-state index in [1.165, 1.54) is 0 Å². The molecular formula is C17H13BrO3. The Morgan fingerprint density at radius 2 is 2.00 bits per heavy atom. The van der Waals surface area contributed by atoms with Gasteiger partial charge in [-0.3, -0.25) is 4.79 Å². The first kappa shape index (κ1) is 13.9. The molecule has 2 aromatic carbocycles. The maximum absolute atomic E-state index is 12.6. The van der Waals surface area contributed by atoms with E-state index in [-0.39, 0.29) is 5.78 Å². The average molecular weight is 345 g/mol. The van der Waals surface area contributed by atoms with Crippen molar-refractivity contribution in [1.82, 2.24) is 0 Å². The highest BCUT2D eigenvalue weighted by atomic mass is 79.9. The molecule has 0 saturated heterocycles. The van der Waals surface area contributed by atoms with Gasteiger partial charge in [-0.05, 0) is 58.7 Å². The second-order valence-electron chi connectivity index (χ2n) is 4.78. The van der Waals surface area contributed by atoms with Crippen molar-refractivity contribution < 1.29 is 13.9 Å². The minimum Gasteiger partial charge on any atom is -0.497 e. The molecule has 3 nitrogen and oxygen atoms in total. The first-order valence-corrected chi connectivity index (χ1v) is 7.27. The van der Waals surface area contributed by atoms with Gasteiger partial charge in [-0.1, -0.05) is 12.1 Å². The van der Waals surface area contributed by atoms with Crippen LogP contribution >= 0.6 is 15.9 Å². The van der Waals surface area contributed by atoms with E-state index in [1.807, 2.05) is 31.2 Å². The first-order chi connectivity index (χ1) is 10.1. The number of benzene rings is 2. The second-order valence-corrected chi connectivity index (χ2v) is 5.63. The van der Waals surface area contributed by atoms with Crippen LogP contribution in [0.1, 0.15) is 21.7 Å². The van der Waals surface area contributed by atoms with Crippen molar-refractivity contribution in [2.45, 2.75) is 6.92 Å². The van der Waals surface area contributed by atoms with E-state index in [4.69, 9.17) is 9.15 Å². The van der Waals surface area contributed by atoms with Crippen LogP contribution in [0.2, 0.25) is 0 Å². The molecule has 4 heteroatoms. The van der Waals surface area contributed by atoms with Crippen LogP contribution in [-0.2, 0) is 0 Å². The quantitative estimate of drug-likeness (QED) is 0.644. The van der Waals surface area contributed by atoms with Gasteiger partial charge in [0.05, 0.1) is 11.6 Å². The summed E-state index contributed by atoms with van der Waals surface area (Å²) in [7, 11) is 1.60. The molecule has 0 spiro atoms. The standard InChI is InChI=1S/C17H13BrO3/c1-10-8-12(20-2)6-7-13(10)16(19)15-9-11-4-3-5-14(18)17(11)21-15/h3-9H,1-2H3. The molecule has 0 saturated carbocycles. The summed E-state index contributed by atoms with van der Waals surface area (Å²) >= 11 is 3.43. The number of para-hydroxylation sites is 1. The third-order valence-corrected chi connectivity index (χ3v) is 4.02. The van der Waals surface area contributed by atoms with Gasteiger partial charge in [0.1, 0.15) is 11.3 Å². The topological polar surface area (TPSA) is 39.4 Å². The van der Waals surface area contributed by atoms with Gasteiger partial charge < -0.3 is 9.15 Å². The lowest BCUT2D eigenvalue weighted by atomic mass is 10.0. The Labute approximate surface area is 130 Å². The highest BCUT2D eigenvalue weighted by Crippen LogP contribution is 2.29. The van der Waals surface area contributed by atoms with Crippen molar-refractivity contribution >= 4 is 32.7 Å². The van der Waals surface area contributed by atoms with Crippen LogP contribution in [0.25, 0.3) is 11.0 Å². The number of hydrogen-bond donors (Lipinski definition) is 0. The van der Waals surface area contributed by atoms with Gasteiger partial charge in [0, 0.05) is 10.9 Å². The Morgan fingerprint density at radius 1 is 1.19 bits per heavy atom. The molecule has 0 radical (unpaired) electrons. The van der Waals surface area contributed by atoms with Gasteiger partial charge in [0.15, 0.2) is 5.76 Å². The highest BCUT2D eigenvalue weighted by molar-refractivity contribution is 9.10. The number of ether oxygens (including phenoxy) is 1. The number of halogens is 1. The number of methoxy groups -OCH3 is 1. The van der Waals surface area contributed by atoms with Crippen LogP contribution in [0.4, 0.5) is 0 Å². The number of aryl methyl sites for hydroxylation is 1. The van der Waals surface area contributed by atoms with E-state index >= 15 is 0 Å². The molecule has 0 aliphatic rings. The Balaban J connectivity index is 2.06. The number of carbonyl (C=O) groups is 1. The van der Waals surface area contributed by atoms with Crippen LogP contribution in [0.15, 0.2) is 51.4 Å². The summed E-state index contributed by atoms with van der Waals surface area (Å²) in [6.45, 7) is 1.88. The fourth-order valence-corrected chi connectivity index (χ4v) is 2.75. The number of rotatable bonds is 3. The zero-order chi connectivity index (χ0) is 15.0. The maximum Gasteiger partial charge on any atom is 0.228 e. The van der Waals surface area contributed by atoms with Gasteiger partial charge in [-0.15, -0.1) is 0 Å². The largest absolute Gasteiger partial charge is 0.497 e. The summed E-state index contributed by atoms with van der Waals surface area (Å²) in [5.41, 5.74) is 2.16. The van der Waals surface area contributed by atoms with E-state index in [0.29, 0.717) is 16.9 Å². The highest BCUT2D eigenvalue weighted by Gasteiger charge is 2.17. The molecule has 3 rings (SSSR count). The first-order valence-electron chi connectivity index (χ1n) is 6.47. The molecule has 1 heterocycles. The number of hydrogen-bond acceptors (Lipinski definition) is 3. The summed E-state index contributed by atoms with van der Waals surface area (Å²) in [6, 6.07) is 12.9. The Kier molecular flexibility index (Phi) is 3.55. The molecule has 0 N–H and O–H groups in total. The number of ketones is 1. The van der Waals surface area contributed by atoms with Crippen LogP contribution < -0.4 is 4.74 Å². The number of fused-ring (bicyclic) bond motifs is 1. The van der Waals surface area contributed by atoms with E-state index in [1.54, 1.807) is 25.3 Å². The lowest BCUT2D eigenvalue weighted by molar-refractivity contribution is 0.101. The fourth-order valence-electron chi connectivity index (χ4n) is 2.29. The van der Waals surface area contributed by atoms with Gasteiger partial charge in [0.2, 0.25) is 5.78 Å². The lowest BCUT2D eigenvalue weighted by Gasteiger charge is -2.05. The predicted octanol–water partition coefficient (Wildman–Crippen LogP) is 4.74. The van der Waals surface area contributed by atoms with Crippen molar-refractivity contribution in [3.8, 4) is 5.75 Å². The SMILES string of the molecule is COc1ccc(C(=O)c2cc3cccc(Br)c3o2)c(C)c1. The zero-order valence-electron chi connectivity index (χ0n) is 11.6. The van der Waals surface area contributed by atoms with Gasteiger partial charge >= 0.3 is 0 Å². The maximum atomic E-state index is 12.6. The molecule has 106 valence electrons. The predicted molar refractivity (Wildman–Crippen MR) is 85.1 cm³/mol. The molecule has 0 unspecified atom stereocenters. The number of furan rings is 1. The molecule has 0 amide bonds. The third kappa shape index (κ3) is 2.47. The zero-order valence-corrected chi connectivity index (χ0v) is 13.2. The van der Waals surface area contributed by atoms with Crippen LogP contribution in [0, 0.1) is 6.92 Å². The summed E-state index contributed by atoms with van der Waals surface area (Å²) in [5, 5.41) is 0.902. The van der Waals surface area contributed by atoms with Crippen molar-refractivity contribution in [2.75, 3.05) is 7.11 Å². The van der Waals surface area contributed by atoms with Gasteiger partial charge in [-0.2, -0.15) is 0 Å². The smallest absolute Gasteiger partial charge is 0.228 e. The minimum atomic E-state index is -0.127.